The van der Waals surface area contributed by atoms with Crippen molar-refractivity contribution in [3.63, 3.8) is 0 Å². The van der Waals surface area contributed by atoms with Gasteiger partial charge in [0.1, 0.15) is 0 Å². The first-order valence-corrected chi connectivity index (χ1v) is 20.1. The third kappa shape index (κ3) is 5.94. The molecule has 0 aliphatic heterocycles. The van der Waals surface area contributed by atoms with E-state index in [4.69, 9.17) is 0 Å². The third-order valence-corrected chi connectivity index (χ3v) is 11.7. The summed E-state index contributed by atoms with van der Waals surface area (Å²) in [6.45, 7) is 0. The second-order valence-electron chi connectivity index (χ2n) is 15.0. The summed E-state index contributed by atoms with van der Waals surface area (Å²) in [5.74, 6) is 0. The second-order valence-corrected chi connectivity index (χ2v) is 15.0. The minimum Gasteiger partial charge on any atom is -0.310 e. The van der Waals surface area contributed by atoms with Crippen molar-refractivity contribution in [2.45, 2.75) is 5.41 Å². The van der Waals surface area contributed by atoms with Crippen LogP contribution in [0.25, 0.3) is 55.3 Å². The third-order valence-electron chi connectivity index (χ3n) is 11.7. The molecule has 0 aromatic heterocycles. The maximum absolute atomic E-state index is 9.86. The zero-order chi connectivity index (χ0) is 46.8. The summed E-state index contributed by atoms with van der Waals surface area (Å²) in [5, 5.41) is 2.10. The highest BCUT2D eigenvalue weighted by Crippen LogP contribution is 2.57. The average Bonchev–Trinajstić information content (AvgIpc) is 3.68. The smallest absolute Gasteiger partial charge is 0.0714 e. The van der Waals surface area contributed by atoms with E-state index in [1.54, 1.807) is 30.3 Å². The fourth-order valence-corrected chi connectivity index (χ4v) is 8.99. The number of fused-ring (bicyclic) bond motifs is 4. The molecule has 1 aliphatic rings. The van der Waals surface area contributed by atoms with Gasteiger partial charge in [0.2, 0.25) is 0 Å². The molecule has 0 heterocycles. The van der Waals surface area contributed by atoms with Gasteiger partial charge in [-0.1, -0.05) is 206 Å². The molecule has 0 unspecified atom stereocenters. The van der Waals surface area contributed by atoms with Crippen LogP contribution in [0.4, 0.5) is 17.1 Å². The van der Waals surface area contributed by atoms with Gasteiger partial charge in [-0.3, -0.25) is 0 Å². The quantitative estimate of drug-likeness (QED) is 0.149. The van der Waals surface area contributed by atoms with Crippen molar-refractivity contribution in [3.8, 4) is 44.5 Å². The Bertz CT molecular complexity index is 3510. The minimum atomic E-state index is -0.865. The van der Waals surface area contributed by atoms with Gasteiger partial charge >= 0.3 is 0 Å². The van der Waals surface area contributed by atoms with Crippen molar-refractivity contribution in [1.82, 2.24) is 0 Å². The molecule has 0 saturated carbocycles. The van der Waals surface area contributed by atoms with Crippen LogP contribution in [-0.4, -0.2) is 0 Å². The highest BCUT2D eigenvalue weighted by molar-refractivity contribution is 5.97. The summed E-state index contributed by atoms with van der Waals surface area (Å²) >= 11 is 0. The van der Waals surface area contributed by atoms with Crippen LogP contribution in [-0.2, 0) is 5.41 Å². The Hall–Kier alpha value is -7.74. The molecule has 0 bridgehead atoms. The number of hydrogen-bond donors (Lipinski definition) is 0. The molecule has 0 N–H and O–H groups in total. The summed E-state index contributed by atoms with van der Waals surface area (Å²) in [5.41, 5.74) is 7.96. The molecule has 0 atom stereocenters. The molecular formula is C59H41N. The molecule has 0 radical (unpaired) electrons. The van der Waals surface area contributed by atoms with Gasteiger partial charge in [-0.15, -0.1) is 0 Å². The highest BCUT2D eigenvalue weighted by Gasteiger charge is 2.46. The molecule has 10 aromatic rings. The van der Waals surface area contributed by atoms with Crippen LogP contribution < -0.4 is 4.90 Å². The Balaban J connectivity index is 1.19. The maximum Gasteiger partial charge on any atom is 0.0714 e. The lowest BCUT2D eigenvalue weighted by Gasteiger charge is -2.35. The molecule has 0 fully saturated rings. The van der Waals surface area contributed by atoms with Crippen molar-refractivity contribution >= 4 is 27.8 Å². The van der Waals surface area contributed by atoms with Crippen LogP contribution in [0, 0.1) is 0 Å². The topological polar surface area (TPSA) is 3.24 Å². The maximum atomic E-state index is 9.86. The van der Waals surface area contributed by atoms with Crippen molar-refractivity contribution in [1.29, 1.82) is 0 Å². The molecule has 60 heavy (non-hydrogen) atoms. The van der Waals surface area contributed by atoms with Gasteiger partial charge in [0, 0.05) is 17.1 Å². The molecule has 1 nitrogen and oxygen atoms in total. The van der Waals surface area contributed by atoms with Gasteiger partial charge in [-0.25, -0.2) is 0 Å². The van der Waals surface area contributed by atoms with E-state index < -0.39 is 29.6 Å². The molecule has 0 saturated heterocycles. The average molecular weight is 772 g/mol. The molecule has 1 heteroatoms. The zero-order valence-corrected chi connectivity index (χ0v) is 32.5. The van der Waals surface area contributed by atoms with Crippen molar-refractivity contribution in [3.05, 3.63) is 271 Å². The number of anilines is 3. The number of benzene rings is 10. The second kappa shape index (κ2) is 14.9. The lowest BCUT2D eigenvalue weighted by Crippen LogP contribution is -2.28. The predicted octanol–water partition coefficient (Wildman–Crippen LogP) is 15.7. The number of nitrogens with zero attached hydrogens (tertiary/aromatic N) is 1. The summed E-state index contributed by atoms with van der Waals surface area (Å²) < 4.78 is 77.3. The van der Waals surface area contributed by atoms with Crippen LogP contribution in [0.15, 0.2) is 249 Å². The number of hydrogen-bond acceptors (Lipinski definition) is 1. The van der Waals surface area contributed by atoms with E-state index in [0.717, 1.165) is 55.3 Å². The van der Waals surface area contributed by atoms with E-state index in [9.17, 15) is 11.0 Å². The largest absolute Gasteiger partial charge is 0.310 e. The van der Waals surface area contributed by atoms with Crippen LogP contribution >= 0.6 is 0 Å². The Morgan fingerprint density at radius 2 is 0.817 bits per heavy atom. The number of rotatable bonds is 8. The van der Waals surface area contributed by atoms with Crippen molar-refractivity contribution in [2.24, 2.45) is 0 Å². The molecule has 10 aromatic carbocycles. The van der Waals surface area contributed by atoms with Gasteiger partial charge in [0.15, 0.2) is 0 Å². The molecule has 1 aliphatic carbocycles. The fourth-order valence-electron chi connectivity index (χ4n) is 8.99. The molecule has 0 spiro atoms. The Morgan fingerprint density at radius 3 is 1.52 bits per heavy atom. The van der Waals surface area contributed by atoms with Crippen LogP contribution in [0.1, 0.15) is 33.2 Å². The van der Waals surface area contributed by atoms with E-state index in [1.807, 2.05) is 127 Å². The van der Waals surface area contributed by atoms with E-state index >= 15 is 0 Å². The van der Waals surface area contributed by atoms with E-state index in [0.29, 0.717) is 16.8 Å². The summed E-state index contributed by atoms with van der Waals surface area (Å²) in [6.07, 6.45) is 0. The SMILES string of the molecule is [2H]c1c([2H])c(N(c2ccc3c(c2)C(c2ccccc2)(c2ccccc2)c2ccccc2-3)c2c([2H])c([2H])c(-c3cccc(-c4cccc5ccccc45)c3)c([2H])c2[2H])c([2H])c([2H])c1-c1ccccc1. The van der Waals surface area contributed by atoms with Crippen molar-refractivity contribution in [2.75, 3.05) is 4.90 Å². The standard InChI is InChI=1S/C59H41N/c1-4-16-42(17-5-1)43-30-34-50(35-31-43)60(51-36-32-44(33-37-51)46-20-14-21-47(40-46)54-28-15-19-45-18-10-11-26-53(45)54)52-38-39-56-55-27-12-13-29-57(55)59(58(56)41-52,48-22-6-2-7-23-48)49-24-8-3-9-25-49/h1-41H/i30D,31D,32D,33D,34D,35D,36D,37D. The van der Waals surface area contributed by atoms with Gasteiger partial charge in [-0.2, -0.15) is 0 Å². The first-order chi connectivity index (χ1) is 33.1. The van der Waals surface area contributed by atoms with Crippen LogP contribution in [0.2, 0.25) is 0 Å². The van der Waals surface area contributed by atoms with Crippen molar-refractivity contribution < 1.29 is 11.0 Å². The lowest BCUT2D eigenvalue weighted by atomic mass is 9.67. The lowest BCUT2D eigenvalue weighted by molar-refractivity contribution is 0.768. The first kappa shape index (κ1) is 27.8. The highest BCUT2D eigenvalue weighted by atomic mass is 15.1. The Labute approximate surface area is 363 Å². The van der Waals surface area contributed by atoms with Gasteiger partial charge in [0.25, 0.3) is 0 Å². The normalized spacial score (nSPS) is 14.3. The monoisotopic (exact) mass is 771 g/mol. The van der Waals surface area contributed by atoms with E-state index in [2.05, 4.69) is 42.5 Å². The van der Waals surface area contributed by atoms with E-state index in [1.165, 1.54) is 4.90 Å². The van der Waals surface area contributed by atoms with Crippen LogP contribution in [0.5, 0.6) is 0 Å². The molecule has 11 rings (SSSR count). The van der Waals surface area contributed by atoms with Gasteiger partial charge < -0.3 is 4.90 Å². The minimum absolute atomic E-state index is 0.0985. The summed E-state index contributed by atoms with van der Waals surface area (Å²) in [6, 6.07) is 62.1. The van der Waals surface area contributed by atoms with Gasteiger partial charge in [0.05, 0.1) is 16.4 Å². The van der Waals surface area contributed by atoms with Gasteiger partial charge in [-0.05, 0) is 120 Å². The summed E-state index contributed by atoms with van der Waals surface area (Å²) in [7, 11) is 0. The molecule has 282 valence electrons. The van der Waals surface area contributed by atoms with E-state index in [-0.39, 0.29) is 46.7 Å². The molecule has 0 amide bonds. The summed E-state index contributed by atoms with van der Waals surface area (Å²) in [4.78, 5) is 1.41. The zero-order valence-electron chi connectivity index (χ0n) is 40.5. The first-order valence-electron chi connectivity index (χ1n) is 24.1. The fraction of sp³-hybridized carbons (Fsp3) is 0.0169. The molecular weight excluding hydrogens is 723 g/mol. The Kier molecular flexibility index (Phi) is 6.90. The Morgan fingerprint density at radius 1 is 0.317 bits per heavy atom. The predicted molar refractivity (Wildman–Crippen MR) is 252 cm³/mol. The van der Waals surface area contributed by atoms with Crippen LogP contribution in [0.3, 0.4) is 0 Å².